The molecule has 1 amide bonds. The van der Waals surface area contributed by atoms with Crippen LogP contribution in [0.15, 0.2) is 47.4 Å². The normalized spacial score (nSPS) is 10.2. The van der Waals surface area contributed by atoms with Crippen molar-refractivity contribution in [1.29, 1.82) is 0 Å². The molecule has 0 spiro atoms. The van der Waals surface area contributed by atoms with Gasteiger partial charge < -0.3 is 9.88 Å². The first-order valence-corrected chi connectivity index (χ1v) is 6.22. The number of hydrogen-bond acceptors (Lipinski definition) is 2. The smallest absolute Gasteiger partial charge is 0.251 e. The summed E-state index contributed by atoms with van der Waals surface area (Å²) in [6.07, 6.45) is 1.41. The summed E-state index contributed by atoms with van der Waals surface area (Å²) in [5, 5.41) is 3.46. The van der Waals surface area contributed by atoms with Crippen LogP contribution in [-0.4, -0.2) is 10.5 Å². The second-order valence-electron chi connectivity index (χ2n) is 3.84. The number of para-hydroxylation sites is 1. The van der Waals surface area contributed by atoms with Crippen LogP contribution >= 0.6 is 23.2 Å². The number of carbonyl (C=O) groups is 1. The lowest BCUT2D eigenvalue weighted by molar-refractivity contribution is -0.116. The van der Waals surface area contributed by atoms with Gasteiger partial charge in [0, 0.05) is 12.3 Å². The first-order valence-electron chi connectivity index (χ1n) is 5.46. The molecular formula is C13H10Cl2N2O2. The van der Waals surface area contributed by atoms with Crippen LogP contribution in [0.4, 0.5) is 5.69 Å². The Labute approximate surface area is 119 Å². The maximum atomic E-state index is 11.8. The third-order valence-corrected chi connectivity index (χ3v) is 2.96. The molecule has 0 aliphatic carbocycles. The highest BCUT2D eigenvalue weighted by Crippen LogP contribution is 2.20. The minimum atomic E-state index is -0.350. The molecule has 6 heteroatoms. The van der Waals surface area contributed by atoms with Gasteiger partial charge in [-0.15, -0.1) is 0 Å². The monoisotopic (exact) mass is 296 g/mol. The molecule has 98 valence electrons. The standard InChI is InChI=1S/C13H10Cl2N2O2/c14-9-5-6-13(19)17(7-9)8-12(18)16-11-4-2-1-3-10(11)15/h1-7H,8H2,(H,16,18). The summed E-state index contributed by atoms with van der Waals surface area (Å²) in [6.45, 7) is -0.120. The Bertz CT molecular complexity index is 668. The molecule has 0 bridgehead atoms. The fourth-order valence-corrected chi connectivity index (χ4v) is 1.90. The third kappa shape index (κ3) is 3.59. The number of benzene rings is 1. The van der Waals surface area contributed by atoms with Gasteiger partial charge in [0.25, 0.3) is 5.56 Å². The summed E-state index contributed by atoms with van der Waals surface area (Å²) in [4.78, 5) is 23.3. The van der Waals surface area contributed by atoms with E-state index in [-0.39, 0.29) is 18.0 Å². The van der Waals surface area contributed by atoms with Gasteiger partial charge in [-0.05, 0) is 18.2 Å². The lowest BCUT2D eigenvalue weighted by Crippen LogP contribution is -2.26. The minimum absolute atomic E-state index is 0.120. The summed E-state index contributed by atoms with van der Waals surface area (Å²) >= 11 is 11.7. The largest absolute Gasteiger partial charge is 0.323 e. The third-order valence-electron chi connectivity index (χ3n) is 2.41. The molecule has 1 aromatic heterocycles. The lowest BCUT2D eigenvalue weighted by Gasteiger charge is -2.08. The number of anilines is 1. The number of hydrogen-bond donors (Lipinski definition) is 1. The molecule has 1 aromatic carbocycles. The summed E-state index contributed by atoms with van der Waals surface area (Å²) < 4.78 is 1.23. The molecule has 1 N–H and O–H groups in total. The van der Waals surface area contributed by atoms with Crippen molar-refractivity contribution < 1.29 is 4.79 Å². The van der Waals surface area contributed by atoms with Crippen molar-refractivity contribution in [2.45, 2.75) is 6.54 Å². The van der Waals surface area contributed by atoms with Crippen LogP contribution in [-0.2, 0) is 11.3 Å². The van der Waals surface area contributed by atoms with Crippen LogP contribution in [0.25, 0.3) is 0 Å². The van der Waals surface area contributed by atoms with Gasteiger partial charge in [0.15, 0.2) is 0 Å². The molecule has 19 heavy (non-hydrogen) atoms. The highest BCUT2D eigenvalue weighted by Gasteiger charge is 2.07. The second-order valence-corrected chi connectivity index (χ2v) is 4.69. The summed E-state index contributed by atoms with van der Waals surface area (Å²) in [5.41, 5.74) is 0.211. The van der Waals surface area contributed by atoms with Gasteiger partial charge in [0.2, 0.25) is 5.91 Å². The molecule has 2 aromatic rings. The van der Waals surface area contributed by atoms with Crippen molar-refractivity contribution in [2.75, 3.05) is 5.32 Å². The Kier molecular flexibility index (Phi) is 4.24. The van der Waals surface area contributed by atoms with E-state index in [0.717, 1.165) is 0 Å². The fraction of sp³-hybridized carbons (Fsp3) is 0.0769. The SMILES string of the molecule is O=C(Cn1cc(Cl)ccc1=O)Nc1ccccc1Cl. The maximum absolute atomic E-state index is 11.8. The molecule has 1 heterocycles. The average Bonchev–Trinajstić information content (AvgIpc) is 2.37. The zero-order valence-electron chi connectivity index (χ0n) is 9.77. The highest BCUT2D eigenvalue weighted by molar-refractivity contribution is 6.33. The molecule has 0 radical (unpaired) electrons. The number of aromatic nitrogens is 1. The minimum Gasteiger partial charge on any atom is -0.323 e. The van der Waals surface area contributed by atoms with Gasteiger partial charge in [-0.25, -0.2) is 0 Å². The number of pyridine rings is 1. The summed E-state index contributed by atoms with van der Waals surface area (Å²) in [6, 6.07) is 9.66. The van der Waals surface area contributed by atoms with E-state index in [2.05, 4.69) is 5.32 Å². The molecule has 4 nitrogen and oxygen atoms in total. The second kappa shape index (κ2) is 5.91. The summed E-state index contributed by atoms with van der Waals surface area (Å²) in [5.74, 6) is -0.350. The van der Waals surface area contributed by atoms with Crippen LogP contribution in [0.1, 0.15) is 0 Å². The molecule has 0 aliphatic rings. The van der Waals surface area contributed by atoms with Gasteiger partial charge in [0.1, 0.15) is 6.54 Å². The van der Waals surface area contributed by atoms with E-state index in [1.165, 1.54) is 22.9 Å². The molecule has 0 fully saturated rings. The Morgan fingerprint density at radius 1 is 1.16 bits per heavy atom. The van der Waals surface area contributed by atoms with E-state index in [1.54, 1.807) is 24.3 Å². The van der Waals surface area contributed by atoms with Crippen LogP contribution in [0.3, 0.4) is 0 Å². The van der Waals surface area contributed by atoms with Crippen LogP contribution in [0.5, 0.6) is 0 Å². The zero-order chi connectivity index (χ0) is 13.8. The van der Waals surface area contributed by atoms with E-state index >= 15 is 0 Å². The molecule has 0 saturated heterocycles. The van der Waals surface area contributed by atoms with Gasteiger partial charge in [-0.3, -0.25) is 9.59 Å². The van der Waals surface area contributed by atoms with E-state index in [9.17, 15) is 9.59 Å². The highest BCUT2D eigenvalue weighted by atomic mass is 35.5. The fourth-order valence-electron chi connectivity index (χ4n) is 1.53. The Morgan fingerprint density at radius 2 is 1.89 bits per heavy atom. The number of carbonyl (C=O) groups excluding carboxylic acids is 1. The lowest BCUT2D eigenvalue weighted by atomic mass is 10.3. The molecule has 0 saturated carbocycles. The quantitative estimate of drug-likeness (QED) is 0.947. The van der Waals surface area contributed by atoms with Crippen molar-refractivity contribution in [3.63, 3.8) is 0 Å². The van der Waals surface area contributed by atoms with Crippen molar-refractivity contribution in [3.05, 3.63) is 63.0 Å². The topological polar surface area (TPSA) is 51.1 Å². The number of nitrogens with one attached hydrogen (secondary N) is 1. The van der Waals surface area contributed by atoms with Crippen LogP contribution in [0.2, 0.25) is 10.0 Å². The first-order chi connectivity index (χ1) is 9.06. The van der Waals surface area contributed by atoms with Crippen LogP contribution in [0, 0.1) is 0 Å². The molecule has 0 unspecified atom stereocenters. The van der Waals surface area contributed by atoms with Crippen molar-refractivity contribution >= 4 is 34.8 Å². The van der Waals surface area contributed by atoms with Crippen molar-refractivity contribution in [1.82, 2.24) is 4.57 Å². The van der Waals surface area contributed by atoms with Crippen molar-refractivity contribution in [2.24, 2.45) is 0 Å². The van der Waals surface area contributed by atoms with E-state index in [4.69, 9.17) is 23.2 Å². The van der Waals surface area contributed by atoms with Crippen molar-refractivity contribution in [3.8, 4) is 0 Å². The number of nitrogens with zero attached hydrogens (tertiary/aromatic N) is 1. The predicted molar refractivity (Wildman–Crippen MR) is 75.8 cm³/mol. The van der Waals surface area contributed by atoms with Gasteiger partial charge in [-0.2, -0.15) is 0 Å². The van der Waals surface area contributed by atoms with Crippen LogP contribution < -0.4 is 10.9 Å². The van der Waals surface area contributed by atoms with E-state index in [1.807, 2.05) is 0 Å². The molecule has 2 rings (SSSR count). The van der Waals surface area contributed by atoms with E-state index < -0.39 is 0 Å². The first kappa shape index (κ1) is 13.6. The maximum Gasteiger partial charge on any atom is 0.251 e. The molecule has 0 aliphatic heterocycles. The van der Waals surface area contributed by atoms with Gasteiger partial charge in [0.05, 0.1) is 15.7 Å². The number of amides is 1. The molecular weight excluding hydrogens is 287 g/mol. The van der Waals surface area contributed by atoms with E-state index in [0.29, 0.717) is 15.7 Å². The zero-order valence-corrected chi connectivity index (χ0v) is 11.3. The average molecular weight is 297 g/mol. The Balaban J connectivity index is 2.12. The van der Waals surface area contributed by atoms with Gasteiger partial charge in [-0.1, -0.05) is 35.3 Å². The molecule has 0 atom stereocenters. The number of rotatable bonds is 3. The van der Waals surface area contributed by atoms with Gasteiger partial charge >= 0.3 is 0 Å². The Morgan fingerprint density at radius 3 is 2.63 bits per heavy atom. The number of halogens is 2. The predicted octanol–water partition coefficient (Wildman–Crippen LogP) is 2.79. The summed E-state index contributed by atoms with van der Waals surface area (Å²) in [7, 11) is 0. The Hall–Kier alpha value is -1.78.